The lowest BCUT2D eigenvalue weighted by Gasteiger charge is -2.53. The number of aromatic nitrogens is 5. The summed E-state index contributed by atoms with van der Waals surface area (Å²) in [5.74, 6) is 0.688. The molecule has 28 heavy (non-hydrogen) atoms. The number of aryl methyl sites for hydroxylation is 1. The third-order valence-electron chi connectivity index (χ3n) is 5.60. The normalized spacial score (nSPS) is 18.5. The zero-order valence-electron chi connectivity index (χ0n) is 15.9. The van der Waals surface area contributed by atoms with E-state index < -0.39 is 0 Å². The van der Waals surface area contributed by atoms with Crippen LogP contribution in [-0.4, -0.2) is 41.5 Å². The van der Waals surface area contributed by atoms with Gasteiger partial charge in [-0.1, -0.05) is 26.0 Å². The zero-order valence-corrected chi connectivity index (χ0v) is 15.9. The van der Waals surface area contributed by atoms with Gasteiger partial charge in [-0.15, -0.1) is 0 Å². The number of para-hydroxylation sites is 1. The number of nitrogens with one attached hydrogen (secondary N) is 1. The lowest BCUT2D eigenvalue weighted by molar-refractivity contribution is -0.0374. The van der Waals surface area contributed by atoms with Crippen LogP contribution < -0.4 is 5.56 Å². The van der Waals surface area contributed by atoms with Gasteiger partial charge >= 0.3 is 0 Å². The summed E-state index contributed by atoms with van der Waals surface area (Å²) in [7, 11) is 1.93. The van der Waals surface area contributed by atoms with Crippen LogP contribution in [0.5, 0.6) is 0 Å². The van der Waals surface area contributed by atoms with Crippen molar-refractivity contribution in [3.63, 3.8) is 0 Å². The number of likely N-dealkylation sites (tertiary alicyclic amines) is 1. The van der Waals surface area contributed by atoms with E-state index in [2.05, 4.69) is 28.9 Å². The van der Waals surface area contributed by atoms with E-state index in [0.29, 0.717) is 28.7 Å². The fourth-order valence-corrected chi connectivity index (χ4v) is 4.23. The number of carbonyl (C=O) groups excluding carboxylic acids is 1. The number of H-pyrrole nitrogens is 1. The summed E-state index contributed by atoms with van der Waals surface area (Å²) in [4.78, 5) is 34.9. The first-order valence-electron chi connectivity index (χ1n) is 9.15. The van der Waals surface area contributed by atoms with Gasteiger partial charge in [0.05, 0.1) is 23.1 Å². The Bertz CT molecular complexity index is 1300. The van der Waals surface area contributed by atoms with Crippen molar-refractivity contribution in [2.45, 2.75) is 19.9 Å². The summed E-state index contributed by atoms with van der Waals surface area (Å²) in [5, 5.41) is 4.90. The smallest absolute Gasteiger partial charge is 0.259 e. The van der Waals surface area contributed by atoms with Crippen LogP contribution >= 0.6 is 0 Å². The Hall–Kier alpha value is -3.42. The van der Waals surface area contributed by atoms with Crippen molar-refractivity contribution in [1.29, 1.82) is 0 Å². The molecule has 1 saturated heterocycles. The van der Waals surface area contributed by atoms with Crippen LogP contribution in [0.3, 0.4) is 0 Å². The number of carbonyl (C=O) groups is 1. The molecule has 1 unspecified atom stereocenters. The van der Waals surface area contributed by atoms with E-state index in [1.807, 2.05) is 29.9 Å². The largest absolute Gasteiger partial charge is 0.336 e. The number of benzene rings is 1. The van der Waals surface area contributed by atoms with E-state index in [-0.39, 0.29) is 22.9 Å². The molecule has 8 heteroatoms. The number of hydrogen-bond acceptors (Lipinski definition) is 4. The Labute approximate surface area is 160 Å². The second-order valence-corrected chi connectivity index (χ2v) is 8.01. The third kappa shape index (κ3) is 2.17. The molecule has 5 rings (SSSR count). The monoisotopic (exact) mass is 376 g/mol. The molecule has 1 aliphatic rings. The summed E-state index contributed by atoms with van der Waals surface area (Å²) < 4.78 is 3.56. The van der Waals surface area contributed by atoms with Gasteiger partial charge in [0.25, 0.3) is 11.5 Å². The minimum atomic E-state index is -0.234. The zero-order chi connectivity index (χ0) is 19.6. The molecule has 0 radical (unpaired) electrons. The molecule has 1 aliphatic heterocycles. The molecule has 0 saturated carbocycles. The van der Waals surface area contributed by atoms with Gasteiger partial charge in [-0.05, 0) is 12.1 Å². The van der Waals surface area contributed by atoms with Gasteiger partial charge in [-0.2, -0.15) is 5.10 Å². The first-order chi connectivity index (χ1) is 13.4. The molecule has 0 aliphatic carbocycles. The predicted molar refractivity (Wildman–Crippen MR) is 104 cm³/mol. The quantitative estimate of drug-likeness (QED) is 0.580. The van der Waals surface area contributed by atoms with Crippen LogP contribution in [0, 0.1) is 5.41 Å². The highest BCUT2D eigenvalue weighted by Gasteiger charge is 2.51. The lowest BCUT2D eigenvalue weighted by Crippen LogP contribution is -2.58. The molecule has 3 aromatic heterocycles. The van der Waals surface area contributed by atoms with Crippen LogP contribution in [0.25, 0.3) is 16.6 Å². The van der Waals surface area contributed by atoms with Crippen molar-refractivity contribution in [2.24, 2.45) is 12.5 Å². The Balaban J connectivity index is 1.62. The standard InChI is InChI=1S/C20H20N6O2/c1-20(2)11-25(15(20)17-21-8-9-24(17)3)19(28)13-10-22-26-14-7-5-4-6-12(14)18(27)23-16(13)26/h4-10,15H,11H2,1-3H3,(H,23,27). The van der Waals surface area contributed by atoms with Gasteiger partial charge < -0.3 is 14.5 Å². The Morgan fingerprint density at radius 1 is 1.29 bits per heavy atom. The summed E-state index contributed by atoms with van der Waals surface area (Å²) in [6, 6.07) is 7.08. The molecule has 0 spiro atoms. The number of nitrogens with zero attached hydrogens (tertiary/aromatic N) is 5. The molecule has 1 atom stereocenters. The lowest BCUT2D eigenvalue weighted by atomic mass is 9.74. The van der Waals surface area contributed by atoms with Crippen molar-refractivity contribution in [1.82, 2.24) is 29.0 Å². The molecule has 1 amide bonds. The molecule has 0 bridgehead atoms. The average Bonchev–Trinajstić information content (AvgIpc) is 3.26. The number of fused-ring (bicyclic) bond motifs is 3. The molecular weight excluding hydrogens is 356 g/mol. The van der Waals surface area contributed by atoms with E-state index in [0.717, 1.165) is 5.82 Å². The summed E-state index contributed by atoms with van der Waals surface area (Å²) in [5.41, 5.74) is 1.15. The number of amides is 1. The van der Waals surface area contributed by atoms with E-state index in [1.165, 1.54) is 6.20 Å². The van der Waals surface area contributed by atoms with Gasteiger partial charge in [0.15, 0.2) is 0 Å². The number of rotatable bonds is 2. The maximum atomic E-state index is 13.4. The van der Waals surface area contributed by atoms with Gasteiger partial charge in [-0.25, -0.2) is 9.50 Å². The highest BCUT2D eigenvalue weighted by atomic mass is 16.2. The second kappa shape index (κ2) is 5.54. The highest BCUT2D eigenvalue weighted by Crippen LogP contribution is 2.48. The van der Waals surface area contributed by atoms with Crippen molar-refractivity contribution >= 4 is 22.5 Å². The fraction of sp³-hybridized carbons (Fsp3) is 0.300. The van der Waals surface area contributed by atoms with Crippen LogP contribution in [0.1, 0.15) is 36.1 Å². The Kier molecular flexibility index (Phi) is 3.31. The molecular formula is C20H20N6O2. The minimum Gasteiger partial charge on any atom is -0.336 e. The maximum absolute atomic E-state index is 13.4. The van der Waals surface area contributed by atoms with Crippen LogP contribution in [-0.2, 0) is 7.05 Å². The molecule has 142 valence electrons. The van der Waals surface area contributed by atoms with Crippen molar-refractivity contribution in [3.05, 3.63) is 64.6 Å². The van der Waals surface area contributed by atoms with Crippen molar-refractivity contribution < 1.29 is 4.79 Å². The molecule has 4 heterocycles. The van der Waals surface area contributed by atoms with Crippen LogP contribution in [0.4, 0.5) is 0 Å². The van der Waals surface area contributed by atoms with E-state index in [1.54, 1.807) is 27.7 Å². The SMILES string of the molecule is Cn1ccnc1C1N(C(=O)c2cnn3c2[nH]c(=O)c2ccccc23)CC1(C)C. The summed E-state index contributed by atoms with van der Waals surface area (Å²) in [6.07, 6.45) is 5.15. The molecule has 1 aromatic carbocycles. The summed E-state index contributed by atoms with van der Waals surface area (Å²) >= 11 is 0. The van der Waals surface area contributed by atoms with E-state index in [9.17, 15) is 9.59 Å². The molecule has 8 nitrogen and oxygen atoms in total. The molecule has 1 fully saturated rings. The van der Waals surface area contributed by atoms with E-state index >= 15 is 0 Å². The first kappa shape index (κ1) is 16.7. The maximum Gasteiger partial charge on any atom is 0.259 e. The number of imidazole rings is 1. The molecule has 1 N–H and O–H groups in total. The molecule has 4 aromatic rings. The Morgan fingerprint density at radius 2 is 2.07 bits per heavy atom. The average molecular weight is 376 g/mol. The van der Waals surface area contributed by atoms with Crippen LogP contribution in [0.15, 0.2) is 47.7 Å². The first-order valence-corrected chi connectivity index (χ1v) is 9.15. The Morgan fingerprint density at radius 3 is 2.79 bits per heavy atom. The van der Waals surface area contributed by atoms with E-state index in [4.69, 9.17) is 0 Å². The van der Waals surface area contributed by atoms with Crippen molar-refractivity contribution in [2.75, 3.05) is 6.54 Å². The fourth-order valence-electron chi connectivity index (χ4n) is 4.23. The van der Waals surface area contributed by atoms with Gasteiger partial charge in [0.1, 0.15) is 17.0 Å². The number of aromatic amines is 1. The van der Waals surface area contributed by atoms with Gasteiger partial charge in [0, 0.05) is 31.4 Å². The predicted octanol–water partition coefficient (Wildman–Crippen LogP) is 2.13. The minimum absolute atomic E-state index is 0.0855. The van der Waals surface area contributed by atoms with Crippen molar-refractivity contribution in [3.8, 4) is 0 Å². The third-order valence-corrected chi connectivity index (χ3v) is 5.60. The van der Waals surface area contributed by atoms with Gasteiger partial charge in [0.2, 0.25) is 0 Å². The van der Waals surface area contributed by atoms with Crippen LogP contribution in [0.2, 0.25) is 0 Å². The summed E-state index contributed by atoms with van der Waals surface area (Å²) in [6.45, 7) is 4.86. The van der Waals surface area contributed by atoms with Gasteiger partial charge in [-0.3, -0.25) is 9.59 Å². The highest BCUT2D eigenvalue weighted by molar-refractivity contribution is 6.01. The number of hydrogen-bond donors (Lipinski definition) is 1. The topological polar surface area (TPSA) is 88.3 Å². The second-order valence-electron chi connectivity index (χ2n) is 8.01.